The second-order valence-electron chi connectivity index (χ2n) is 20.8. The normalized spacial score (nSPS) is 12.4. The molecule has 0 bridgehead atoms. The Balaban J connectivity index is 0.735. The number of para-hydroxylation sites is 5. The summed E-state index contributed by atoms with van der Waals surface area (Å²) in [5.74, 6) is 0. The van der Waals surface area contributed by atoms with E-state index in [0.717, 1.165) is 5.69 Å². The third-order valence-corrected chi connectivity index (χ3v) is 19.1. The Bertz CT molecular complexity index is 5540. The molecule has 18 aromatic rings. The summed E-state index contributed by atoms with van der Waals surface area (Å²) in [5, 5.41) is 15.2. The molecule has 12 aromatic carbocycles. The van der Waals surface area contributed by atoms with E-state index < -0.39 is 0 Å². The van der Waals surface area contributed by atoms with Crippen LogP contribution in [0.25, 0.3) is 161 Å². The van der Waals surface area contributed by atoms with Crippen molar-refractivity contribution < 1.29 is 0 Å². The van der Waals surface area contributed by atoms with Crippen molar-refractivity contribution in [3.8, 4) is 33.9 Å². The van der Waals surface area contributed by atoms with Crippen molar-refractivity contribution in [2.24, 2.45) is 0 Å². The van der Waals surface area contributed by atoms with Gasteiger partial charge in [0.1, 0.15) is 0 Å². The predicted octanol–water partition coefficient (Wildman–Crippen LogP) is 20.5. The summed E-state index contributed by atoms with van der Waals surface area (Å²) in [5.41, 5.74) is 16.8. The Morgan fingerprint density at radius 2 is 0.590 bits per heavy atom. The average molecular weight is 1030 g/mol. The molecular weight excluding hydrogens is 985 g/mol. The van der Waals surface area contributed by atoms with Crippen LogP contribution in [0.5, 0.6) is 0 Å². The van der Waals surface area contributed by atoms with Gasteiger partial charge in [0.15, 0.2) is 0 Å². The predicted molar refractivity (Wildman–Crippen MR) is 335 cm³/mol. The van der Waals surface area contributed by atoms with Crippen molar-refractivity contribution in [3.63, 3.8) is 0 Å². The van der Waals surface area contributed by atoms with Crippen LogP contribution in [0.3, 0.4) is 0 Å². The first-order valence-electron chi connectivity index (χ1n) is 26.6. The number of aromatic nitrogens is 4. The Labute approximate surface area is 454 Å². The number of fused-ring (bicyclic) bond motifs is 18. The van der Waals surface area contributed by atoms with E-state index in [1.165, 1.54) is 156 Å². The lowest BCUT2D eigenvalue weighted by molar-refractivity contribution is 1.17. The summed E-state index contributed by atoms with van der Waals surface area (Å²) >= 11 is 3.76. The molecule has 0 spiro atoms. The van der Waals surface area contributed by atoms with Crippen molar-refractivity contribution in [2.75, 3.05) is 0 Å². The number of thiophene rings is 2. The lowest BCUT2D eigenvalue weighted by Crippen LogP contribution is -1.96. The zero-order valence-electron chi connectivity index (χ0n) is 41.9. The van der Waals surface area contributed by atoms with Gasteiger partial charge < -0.3 is 18.3 Å². The maximum atomic E-state index is 2.48. The fourth-order valence-electron chi connectivity index (χ4n) is 13.4. The number of rotatable bonds is 5. The van der Waals surface area contributed by atoms with E-state index in [9.17, 15) is 0 Å². The minimum absolute atomic E-state index is 1.15. The SMILES string of the molecule is c1ccc2c(c1)sc1c(-n3c4ccccc4c4cc(-n5c6ccccc6c6cc(-c7ccc8c(c7)sc7ccc(-n9c%10ccccc%10c%10cc(-n%11c%12ccccc%12c%12ccccc%12%11)ccc%109)cc78)ccc65)ccc43)cccc12. The molecule has 0 amide bonds. The van der Waals surface area contributed by atoms with Crippen LogP contribution in [-0.4, -0.2) is 18.3 Å². The van der Waals surface area contributed by atoms with Crippen LogP contribution < -0.4 is 0 Å². The van der Waals surface area contributed by atoms with Crippen LogP contribution in [-0.2, 0) is 0 Å². The molecule has 6 aromatic heterocycles. The largest absolute Gasteiger partial charge is 0.309 e. The van der Waals surface area contributed by atoms with Crippen molar-refractivity contribution in [2.45, 2.75) is 0 Å². The van der Waals surface area contributed by atoms with Gasteiger partial charge in [-0.1, -0.05) is 140 Å². The monoisotopic (exact) mass is 1030 g/mol. The maximum absolute atomic E-state index is 2.48. The van der Waals surface area contributed by atoms with E-state index in [0.29, 0.717) is 0 Å². The average Bonchev–Trinajstić information content (AvgIpc) is 4.47. The van der Waals surface area contributed by atoms with Gasteiger partial charge in [-0.25, -0.2) is 0 Å². The smallest absolute Gasteiger partial charge is 0.0640 e. The Kier molecular flexibility index (Phi) is 8.67. The molecule has 4 nitrogen and oxygen atoms in total. The lowest BCUT2D eigenvalue weighted by Gasteiger charge is -2.11. The van der Waals surface area contributed by atoms with Crippen molar-refractivity contribution >= 4 is 150 Å². The molecule has 362 valence electrons. The van der Waals surface area contributed by atoms with Crippen molar-refractivity contribution in [3.05, 3.63) is 255 Å². The van der Waals surface area contributed by atoms with Crippen LogP contribution >= 0.6 is 22.7 Å². The molecule has 0 aliphatic rings. The fourth-order valence-corrected chi connectivity index (χ4v) is 15.7. The quantitative estimate of drug-likeness (QED) is 0.164. The molecule has 18 rings (SSSR count). The van der Waals surface area contributed by atoms with Gasteiger partial charge in [-0.3, -0.25) is 0 Å². The lowest BCUT2D eigenvalue weighted by atomic mass is 10.0. The first-order chi connectivity index (χ1) is 38.7. The Hall–Kier alpha value is -9.72. The molecule has 78 heavy (non-hydrogen) atoms. The van der Waals surface area contributed by atoms with E-state index in [-0.39, 0.29) is 0 Å². The Morgan fingerprint density at radius 1 is 0.205 bits per heavy atom. The number of nitrogens with zero attached hydrogens (tertiary/aromatic N) is 4. The summed E-state index contributed by atoms with van der Waals surface area (Å²) in [7, 11) is 0. The topological polar surface area (TPSA) is 19.7 Å². The van der Waals surface area contributed by atoms with Gasteiger partial charge in [0.25, 0.3) is 0 Å². The van der Waals surface area contributed by atoms with Crippen LogP contribution in [0.2, 0.25) is 0 Å². The summed E-state index contributed by atoms with van der Waals surface area (Å²) in [6.07, 6.45) is 0. The van der Waals surface area contributed by atoms with Gasteiger partial charge in [-0.05, 0) is 126 Å². The van der Waals surface area contributed by atoms with Crippen LogP contribution in [0.15, 0.2) is 255 Å². The molecule has 0 unspecified atom stereocenters. The molecule has 0 atom stereocenters. The molecule has 0 saturated carbocycles. The first kappa shape index (κ1) is 42.5. The third-order valence-electron chi connectivity index (χ3n) is 16.8. The van der Waals surface area contributed by atoms with Crippen molar-refractivity contribution in [1.29, 1.82) is 0 Å². The van der Waals surface area contributed by atoms with Gasteiger partial charge in [-0.15, -0.1) is 22.7 Å². The fraction of sp³-hybridized carbons (Fsp3) is 0. The van der Waals surface area contributed by atoms with Gasteiger partial charge in [-0.2, -0.15) is 0 Å². The highest BCUT2D eigenvalue weighted by Crippen LogP contribution is 2.45. The molecular formula is C72H42N4S2. The second-order valence-corrected chi connectivity index (χ2v) is 22.9. The van der Waals surface area contributed by atoms with Crippen LogP contribution in [0.1, 0.15) is 0 Å². The second kappa shape index (κ2) is 15.9. The molecule has 0 aliphatic carbocycles. The maximum Gasteiger partial charge on any atom is 0.0640 e. The summed E-state index contributed by atoms with van der Waals surface area (Å²) in [6.45, 7) is 0. The van der Waals surface area contributed by atoms with E-state index in [2.05, 4.69) is 273 Å². The van der Waals surface area contributed by atoms with E-state index in [1.807, 2.05) is 22.7 Å². The van der Waals surface area contributed by atoms with Gasteiger partial charge in [0, 0.05) is 95.8 Å². The minimum Gasteiger partial charge on any atom is -0.309 e. The highest BCUT2D eigenvalue weighted by atomic mass is 32.1. The summed E-state index contributed by atoms with van der Waals surface area (Å²) < 4.78 is 15.0. The van der Waals surface area contributed by atoms with Crippen LogP contribution in [0, 0.1) is 0 Å². The minimum atomic E-state index is 1.15. The zero-order valence-corrected chi connectivity index (χ0v) is 43.5. The number of hydrogen-bond donors (Lipinski definition) is 0. The van der Waals surface area contributed by atoms with E-state index in [1.54, 1.807) is 0 Å². The molecule has 0 aliphatic heterocycles. The van der Waals surface area contributed by atoms with Gasteiger partial charge in [0.05, 0.1) is 54.5 Å². The molecule has 0 N–H and O–H groups in total. The van der Waals surface area contributed by atoms with Gasteiger partial charge in [0.2, 0.25) is 0 Å². The molecule has 0 saturated heterocycles. The van der Waals surface area contributed by atoms with E-state index in [4.69, 9.17) is 0 Å². The summed E-state index contributed by atoms with van der Waals surface area (Å²) in [4.78, 5) is 0. The third kappa shape index (κ3) is 5.87. The first-order valence-corrected chi connectivity index (χ1v) is 28.3. The molecule has 6 heterocycles. The molecule has 0 fully saturated rings. The summed E-state index contributed by atoms with van der Waals surface area (Å²) in [6, 6.07) is 94.9. The van der Waals surface area contributed by atoms with E-state index >= 15 is 0 Å². The molecule has 6 heteroatoms. The number of benzene rings is 12. The Morgan fingerprint density at radius 3 is 1.18 bits per heavy atom. The number of hydrogen-bond acceptors (Lipinski definition) is 2. The van der Waals surface area contributed by atoms with Gasteiger partial charge >= 0.3 is 0 Å². The van der Waals surface area contributed by atoms with Crippen molar-refractivity contribution in [1.82, 2.24) is 18.3 Å². The molecule has 0 radical (unpaired) electrons. The highest BCUT2D eigenvalue weighted by Gasteiger charge is 2.21. The standard InChI is InChI=1S/C72H42N4S2/c1-7-21-60-48(14-1)49-15-2-8-22-61(49)73(60)45-30-35-66-57(40-45)51-17-4-10-24-63(51)75(66)47-32-37-70-59(42-47)54-33-28-44(39-71(54)77-70)43-29-34-65-56(38-43)50-16-3-9-23-62(50)74(65)46-31-36-67-58(41-46)52-18-5-11-25-64(52)76(67)68-26-13-20-55-53-19-6-12-27-69(53)78-72(55)68/h1-42H. The highest BCUT2D eigenvalue weighted by molar-refractivity contribution is 7.26. The van der Waals surface area contributed by atoms with Crippen LogP contribution in [0.4, 0.5) is 0 Å². The zero-order chi connectivity index (χ0) is 50.7.